The van der Waals surface area contributed by atoms with Gasteiger partial charge in [-0.15, -0.1) is 0 Å². The van der Waals surface area contributed by atoms with E-state index in [1.807, 2.05) is 24.7 Å². The maximum absolute atomic E-state index is 12.7. The Balaban J connectivity index is 1.85. The molecule has 1 aromatic carbocycles. The number of sulfonamides is 1. The van der Waals surface area contributed by atoms with E-state index in [-0.39, 0.29) is 16.9 Å². The summed E-state index contributed by atoms with van der Waals surface area (Å²) in [5.74, 6) is 0.0376. The number of nitrogens with one attached hydrogen (secondary N) is 1. The third-order valence-corrected chi connectivity index (χ3v) is 5.84. The first kappa shape index (κ1) is 16.6. The van der Waals surface area contributed by atoms with Crippen LogP contribution in [0.3, 0.4) is 0 Å². The first-order valence-corrected chi connectivity index (χ1v) is 9.06. The van der Waals surface area contributed by atoms with Gasteiger partial charge in [-0.2, -0.15) is 5.26 Å². The summed E-state index contributed by atoms with van der Waals surface area (Å²) in [5.41, 5.74) is 1.44. The highest BCUT2D eigenvalue weighted by Crippen LogP contribution is 2.27. The van der Waals surface area contributed by atoms with Gasteiger partial charge in [-0.1, -0.05) is 0 Å². The molecule has 24 heavy (non-hydrogen) atoms. The van der Waals surface area contributed by atoms with Crippen molar-refractivity contribution >= 4 is 10.0 Å². The largest absolute Gasteiger partial charge is 0.337 e. The Labute approximate surface area is 141 Å². The molecule has 1 saturated heterocycles. The van der Waals surface area contributed by atoms with Gasteiger partial charge in [0.2, 0.25) is 10.0 Å². The number of nitriles is 1. The number of benzene rings is 1. The summed E-state index contributed by atoms with van der Waals surface area (Å²) in [7, 11) is 0.236. The molecule has 126 valence electrons. The molecule has 0 spiro atoms. The minimum atomic E-state index is -3.64. The number of imidazole rings is 1. The van der Waals surface area contributed by atoms with Crippen LogP contribution in [0.1, 0.15) is 17.2 Å². The van der Waals surface area contributed by atoms with Gasteiger partial charge in [0.05, 0.1) is 22.9 Å². The number of hydrogen-bond acceptors (Lipinski definition) is 5. The lowest BCUT2D eigenvalue weighted by molar-refractivity contribution is 0.404. The molecular formula is C16H19N5O2S. The van der Waals surface area contributed by atoms with E-state index in [9.17, 15) is 8.42 Å². The highest BCUT2D eigenvalue weighted by Gasteiger charge is 2.36. The van der Waals surface area contributed by atoms with Crippen LogP contribution in [-0.4, -0.2) is 49.0 Å². The highest BCUT2D eigenvalue weighted by molar-refractivity contribution is 7.89. The van der Waals surface area contributed by atoms with Crippen LogP contribution in [0.4, 0.5) is 0 Å². The zero-order valence-electron chi connectivity index (χ0n) is 13.5. The Bertz CT molecular complexity index is 867. The molecule has 7 nitrogen and oxygen atoms in total. The molecule has 3 rings (SSSR count). The number of aryl methyl sites for hydroxylation is 1. The molecule has 1 aliphatic heterocycles. The summed E-state index contributed by atoms with van der Waals surface area (Å²) in [6, 6.07) is 7.68. The molecule has 2 atom stereocenters. The fraction of sp³-hybridized carbons (Fsp3) is 0.375. The minimum absolute atomic E-state index is 0.0376. The Morgan fingerprint density at radius 2 is 1.96 bits per heavy atom. The van der Waals surface area contributed by atoms with Crippen LogP contribution in [-0.2, 0) is 17.1 Å². The van der Waals surface area contributed by atoms with E-state index in [0.717, 1.165) is 12.2 Å². The van der Waals surface area contributed by atoms with Crippen molar-refractivity contribution < 1.29 is 8.42 Å². The van der Waals surface area contributed by atoms with Crippen molar-refractivity contribution in [1.82, 2.24) is 19.2 Å². The van der Waals surface area contributed by atoms with Crippen LogP contribution in [0.25, 0.3) is 0 Å². The maximum Gasteiger partial charge on any atom is 0.240 e. The maximum atomic E-state index is 12.7. The lowest BCUT2D eigenvalue weighted by Crippen LogP contribution is -2.39. The normalized spacial score (nSPS) is 21.7. The molecule has 1 aliphatic rings. The first-order chi connectivity index (χ1) is 11.4. The monoisotopic (exact) mass is 345 g/mol. The topological polar surface area (TPSA) is 91.0 Å². The Morgan fingerprint density at radius 1 is 1.25 bits per heavy atom. The zero-order chi connectivity index (χ0) is 17.3. The fourth-order valence-corrected chi connectivity index (χ4v) is 4.39. The molecule has 0 bridgehead atoms. The first-order valence-electron chi connectivity index (χ1n) is 7.58. The van der Waals surface area contributed by atoms with Crippen molar-refractivity contribution in [1.29, 1.82) is 5.26 Å². The second-order valence-corrected chi connectivity index (χ2v) is 7.84. The SMILES string of the molecule is CN1C[C@@H](NS(=O)(=O)c2ccc(C#N)cc2)[C@H](c2cncn2C)C1. The molecular weight excluding hydrogens is 326 g/mol. The van der Waals surface area contributed by atoms with Crippen LogP contribution < -0.4 is 4.72 Å². The standard InChI is InChI=1S/C16H19N5O2S/c1-20-9-14(16-8-18-11-21(16)2)15(10-20)19-24(22,23)13-5-3-12(7-17)4-6-13/h3-6,8,11,14-15,19H,9-10H2,1-2H3/t14-,15-/m1/s1. The second-order valence-electron chi connectivity index (χ2n) is 6.12. The van der Waals surface area contributed by atoms with Gasteiger partial charge in [0, 0.05) is 44.0 Å². The van der Waals surface area contributed by atoms with Gasteiger partial charge in [0.15, 0.2) is 0 Å². The van der Waals surface area contributed by atoms with E-state index in [0.29, 0.717) is 12.1 Å². The summed E-state index contributed by atoms with van der Waals surface area (Å²) >= 11 is 0. The lowest BCUT2D eigenvalue weighted by atomic mass is 10.0. The van der Waals surface area contributed by atoms with Crippen LogP contribution in [0.15, 0.2) is 41.7 Å². The van der Waals surface area contributed by atoms with Gasteiger partial charge in [0.1, 0.15) is 0 Å². The second kappa shape index (κ2) is 6.36. The summed E-state index contributed by atoms with van der Waals surface area (Å²) in [6.45, 7) is 1.39. The number of likely N-dealkylation sites (N-methyl/N-ethyl adjacent to an activating group) is 1. The van der Waals surface area contributed by atoms with Gasteiger partial charge in [-0.3, -0.25) is 0 Å². The van der Waals surface area contributed by atoms with Crippen LogP contribution >= 0.6 is 0 Å². The minimum Gasteiger partial charge on any atom is -0.337 e. The Hall–Kier alpha value is -2.21. The summed E-state index contributed by atoms with van der Waals surface area (Å²) in [6.07, 6.45) is 3.51. The molecule has 2 heterocycles. The summed E-state index contributed by atoms with van der Waals surface area (Å²) < 4.78 is 30.1. The average molecular weight is 345 g/mol. The zero-order valence-corrected chi connectivity index (χ0v) is 14.4. The van der Waals surface area contributed by atoms with E-state index >= 15 is 0 Å². The lowest BCUT2D eigenvalue weighted by Gasteiger charge is -2.20. The predicted octanol–water partition coefficient (Wildman–Crippen LogP) is 0.668. The van der Waals surface area contributed by atoms with Crippen molar-refractivity contribution in [2.75, 3.05) is 20.1 Å². The molecule has 1 aromatic heterocycles. The van der Waals surface area contributed by atoms with Crippen molar-refractivity contribution in [2.24, 2.45) is 7.05 Å². The van der Waals surface area contributed by atoms with Crippen LogP contribution in [0.5, 0.6) is 0 Å². The van der Waals surface area contributed by atoms with E-state index in [1.54, 1.807) is 12.5 Å². The number of rotatable bonds is 4. The van der Waals surface area contributed by atoms with E-state index < -0.39 is 10.0 Å². The third-order valence-electron chi connectivity index (χ3n) is 4.34. The smallest absolute Gasteiger partial charge is 0.240 e. The predicted molar refractivity (Wildman–Crippen MR) is 88.7 cm³/mol. The quantitative estimate of drug-likeness (QED) is 0.879. The summed E-state index contributed by atoms with van der Waals surface area (Å²) in [5, 5.41) is 8.83. The third kappa shape index (κ3) is 3.19. The van der Waals surface area contributed by atoms with E-state index in [1.165, 1.54) is 24.3 Å². The molecule has 1 fully saturated rings. The van der Waals surface area contributed by atoms with Crippen molar-refractivity contribution in [3.63, 3.8) is 0 Å². The molecule has 2 aromatic rings. The van der Waals surface area contributed by atoms with Crippen LogP contribution in [0, 0.1) is 11.3 Å². The molecule has 0 unspecified atom stereocenters. The number of hydrogen-bond donors (Lipinski definition) is 1. The van der Waals surface area contributed by atoms with E-state index in [2.05, 4.69) is 14.6 Å². The Morgan fingerprint density at radius 3 is 2.54 bits per heavy atom. The summed E-state index contributed by atoms with van der Waals surface area (Å²) in [4.78, 5) is 6.40. The van der Waals surface area contributed by atoms with Gasteiger partial charge in [0.25, 0.3) is 0 Å². The van der Waals surface area contributed by atoms with Gasteiger partial charge >= 0.3 is 0 Å². The molecule has 0 aliphatic carbocycles. The molecule has 8 heteroatoms. The number of aromatic nitrogens is 2. The van der Waals surface area contributed by atoms with Crippen molar-refractivity contribution in [2.45, 2.75) is 16.9 Å². The van der Waals surface area contributed by atoms with E-state index in [4.69, 9.17) is 5.26 Å². The van der Waals surface area contributed by atoms with Gasteiger partial charge in [-0.25, -0.2) is 18.1 Å². The molecule has 0 radical (unpaired) electrons. The Kier molecular flexibility index (Phi) is 4.41. The van der Waals surface area contributed by atoms with Gasteiger partial charge < -0.3 is 9.47 Å². The highest BCUT2D eigenvalue weighted by atomic mass is 32.2. The fourth-order valence-electron chi connectivity index (χ4n) is 3.12. The molecule has 0 amide bonds. The number of likely N-dealkylation sites (tertiary alicyclic amines) is 1. The van der Waals surface area contributed by atoms with Crippen LogP contribution in [0.2, 0.25) is 0 Å². The number of nitrogens with zero attached hydrogens (tertiary/aromatic N) is 4. The van der Waals surface area contributed by atoms with Gasteiger partial charge in [-0.05, 0) is 31.3 Å². The molecule has 0 saturated carbocycles. The molecule has 1 N–H and O–H groups in total. The van der Waals surface area contributed by atoms with Crippen molar-refractivity contribution in [3.8, 4) is 6.07 Å². The average Bonchev–Trinajstić information content (AvgIpc) is 3.12. The van der Waals surface area contributed by atoms with Crippen molar-refractivity contribution in [3.05, 3.63) is 48.0 Å².